The number of benzene rings is 5. The molecule has 1 aliphatic carbocycles. The minimum atomic E-state index is -5.05. The Balaban J connectivity index is 1.04. The number of rotatable bonds is 23. The molecule has 4 aromatic carbocycles. The Bertz CT molecular complexity index is 3450. The van der Waals surface area contributed by atoms with Crippen molar-refractivity contribution in [3.63, 3.8) is 0 Å². The molecule has 0 fully saturated rings. The van der Waals surface area contributed by atoms with Gasteiger partial charge >= 0.3 is 11.9 Å². The molecule has 4 aromatic rings. The van der Waals surface area contributed by atoms with Crippen LogP contribution in [0, 0.1) is 0 Å². The van der Waals surface area contributed by atoms with Gasteiger partial charge in [0.05, 0.1) is 52.7 Å². The lowest BCUT2D eigenvalue weighted by molar-refractivity contribution is -0.447. The van der Waals surface area contributed by atoms with Gasteiger partial charge in [-0.25, -0.2) is 18.7 Å². The van der Waals surface area contributed by atoms with Crippen molar-refractivity contribution in [2.24, 2.45) is 0 Å². The molecule has 19 heteroatoms. The summed E-state index contributed by atoms with van der Waals surface area (Å²) in [5.41, 5.74) is 3.98. The number of phenols is 1. The van der Waals surface area contributed by atoms with Crippen molar-refractivity contribution in [3.8, 4) is 28.2 Å². The van der Waals surface area contributed by atoms with Gasteiger partial charge in [0, 0.05) is 75.5 Å². The van der Waals surface area contributed by atoms with E-state index >= 15 is 0 Å². The van der Waals surface area contributed by atoms with Gasteiger partial charge in [-0.3, -0.25) is 9.59 Å². The van der Waals surface area contributed by atoms with Crippen molar-refractivity contribution in [2.75, 3.05) is 26.5 Å². The number of carbonyl (C=O) groups excluding carboxylic acids is 1. The molecule has 2 aliphatic heterocycles. The standard InChI is InChI=1S/C57H61N3O14S2/c1-8-60-46-27-23-38(75-74-73-71-6)33-45(46)57(4,5)50(60)19-12-9-11-18-49(56(2,3)36-16-15-17-39(31-36)76(7,68,69)70)58-29-14-10-13-20-51(63)59-34-44-47(62)28-26-42-52(41-25-22-37(61)32-48(41)72-53(42)44)40-24-21-35(54(64)65)30-43(40)55(66)67/h9,11-12,15-19,21-28,30-33H,8,10,13-14,20,29,34H2,1-7H3,(H6,59,61,62,63,64,65,66,67,68,69,70)/p+1. The van der Waals surface area contributed by atoms with Gasteiger partial charge < -0.3 is 39.5 Å². The first-order valence-electron chi connectivity index (χ1n) is 24.4. The Morgan fingerprint density at radius 3 is 2.36 bits per heavy atom. The maximum atomic E-state index is 13.3. The number of aromatic carboxylic acids is 2. The average Bonchev–Trinajstić information content (AvgIpc) is 3.63. The van der Waals surface area contributed by atoms with Crippen LogP contribution in [-0.4, -0.2) is 83.2 Å². The maximum absolute atomic E-state index is 13.3. The summed E-state index contributed by atoms with van der Waals surface area (Å²) in [7, 11) is -3.69. The first kappa shape index (κ1) is 56.5. The smallest absolute Gasteiger partial charge is 0.336 e. The van der Waals surface area contributed by atoms with Gasteiger partial charge in [0.1, 0.15) is 33.3 Å². The summed E-state index contributed by atoms with van der Waals surface area (Å²) < 4.78 is 47.3. The fourth-order valence-corrected chi connectivity index (χ4v) is 10.7. The summed E-state index contributed by atoms with van der Waals surface area (Å²) in [5.74, 6) is -3.12. The Labute approximate surface area is 444 Å². The zero-order chi connectivity index (χ0) is 55.2. The number of carboxylic acids is 2. The van der Waals surface area contributed by atoms with Crippen LogP contribution >= 0.6 is 12.0 Å². The second-order valence-corrected chi connectivity index (χ2v) is 23.2. The lowest BCUT2D eigenvalue weighted by Gasteiger charge is -2.32. The molecule has 0 aromatic heterocycles. The molecule has 0 atom stereocenters. The van der Waals surface area contributed by atoms with E-state index in [1.807, 2.05) is 50.3 Å². The van der Waals surface area contributed by atoms with Crippen LogP contribution in [0.4, 0.5) is 5.69 Å². The number of allylic oxidation sites excluding steroid dienone is 6. The van der Waals surface area contributed by atoms with Gasteiger partial charge in [0.2, 0.25) is 11.6 Å². The van der Waals surface area contributed by atoms with Gasteiger partial charge in [-0.15, -0.1) is 4.33 Å². The lowest BCUT2D eigenvalue weighted by atomic mass is 9.81. The van der Waals surface area contributed by atoms with E-state index in [9.17, 15) is 47.8 Å². The van der Waals surface area contributed by atoms with Crippen LogP contribution in [0.5, 0.6) is 5.75 Å². The number of aromatic hydroxyl groups is 1. The zero-order valence-electron chi connectivity index (χ0n) is 43.2. The second-order valence-electron chi connectivity index (χ2n) is 19.5. The highest BCUT2D eigenvalue weighted by molar-refractivity contribution is 8.09. The molecule has 3 aliphatic rings. The van der Waals surface area contributed by atoms with E-state index < -0.39 is 27.0 Å². The summed E-state index contributed by atoms with van der Waals surface area (Å²) in [6.45, 7) is 11.5. The van der Waals surface area contributed by atoms with Gasteiger partial charge in [0.25, 0.3) is 0 Å². The predicted octanol–water partition coefficient (Wildman–Crippen LogP) is 10.8. The average molecular weight is 1080 g/mol. The molecular formula is C57H62N3O14S2+. The molecular weight excluding hydrogens is 1010 g/mol. The third-order valence-corrected chi connectivity index (χ3v) is 15.4. The van der Waals surface area contributed by atoms with E-state index in [1.54, 1.807) is 6.07 Å². The van der Waals surface area contributed by atoms with Crippen LogP contribution < -0.4 is 16.1 Å². The fourth-order valence-electron chi connectivity index (χ4n) is 9.41. The number of hydrogen-bond acceptors (Lipinski definition) is 12. The van der Waals surface area contributed by atoms with Gasteiger partial charge in [0.15, 0.2) is 11.1 Å². The largest absolute Gasteiger partial charge is 0.507 e. The Morgan fingerprint density at radius 1 is 0.882 bits per heavy atom. The van der Waals surface area contributed by atoms with Crippen molar-refractivity contribution in [1.29, 1.82) is 0 Å². The number of phenolic OH excluding ortho intramolecular Hbond substituents is 1. The molecule has 2 heterocycles. The molecule has 7 rings (SSSR count). The maximum Gasteiger partial charge on any atom is 0.336 e. The summed E-state index contributed by atoms with van der Waals surface area (Å²) >= 11 is 1.06. The van der Waals surface area contributed by atoms with E-state index in [1.165, 1.54) is 61.7 Å². The third kappa shape index (κ3) is 12.5. The first-order valence-corrected chi connectivity index (χ1v) is 27.4. The predicted molar refractivity (Wildman–Crippen MR) is 292 cm³/mol. The van der Waals surface area contributed by atoms with E-state index in [-0.39, 0.29) is 74.0 Å². The summed E-state index contributed by atoms with van der Waals surface area (Å²) in [5, 5.41) is 42.2. The molecule has 0 spiro atoms. The molecule has 1 amide bonds. The number of nitrogens with zero attached hydrogens (tertiary/aromatic N) is 1. The molecule has 0 saturated carbocycles. The first-order chi connectivity index (χ1) is 35.9. The molecule has 76 heavy (non-hydrogen) atoms. The quantitative estimate of drug-likeness (QED) is 0.00599. The monoisotopic (exact) mass is 1080 g/mol. The van der Waals surface area contributed by atoms with Gasteiger partial charge in [-0.2, -0.15) is 4.58 Å². The topological polar surface area (TPSA) is 254 Å². The number of hydrogen-bond donors (Lipinski definition) is 7. The van der Waals surface area contributed by atoms with Crippen LogP contribution in [0.2, 0.25) is 0 Å². The van der Waals surface area contributed by atoms with Crippen molar-refractivity contribution in [2.45, 2.75) is 87.5 Å². The summed E-state index contributed by atoms with van der Waals surface area (Å²) in [4.78, 5) is 55.4. The van der Waals surface area contributed by atoms with Crippen molar-refractivity contribution < 1.29 is 66.3 Å². The SMILES string of the molecule is CC[N+]1=C(C=CC=CC=C(NCCCCCC(=O)NCc2c(O)ccc3c(-c4ccc(C(=O)O)cc4C(=O)O)c4ccc(=O)cc-4oc23)C(C)(C)c2cccc(S(C)(=O)(O)O)c2)C(C)(C)c2cc(SOOOC)ccc21. The molecule has 17 nitrogen and oxygen atoms in total. The number of amides is 1. The fraction of sp³-hybridized carbons (Fsp3) is 0.281. The minimum absolute atomic E-state index is 0.0908. The second kappa shape index (κ2) is 22.9. The zero-order valence-corrected chi connectivity index (χ0v) is 44.8. The minimum Gasteiger partial charge on any atom is -0.507 e. The Hall–Kier alpha value is -7.23. The van der Waals surface area contributed by atoms with Gasteiger partial charge in [-0.05, 0) is 111 Å². The molecule has 0 radical (unpaired) electrons. The van der Waals surface area contributed by atoms with Crippen LogP contribution in [0.3, 0.4) is 0 Å². The highest BCUT2D eigenvalue weighted by Gasteiger charge is 2.44. The van der Waals surface area contributed by atoms with E-state index in [0.29, 0.717) is 47.9 Å². The molecule has 0 unspecified atom stereocenters. The Morgan fingerprint density at radius 2 is 1.64 bits per heavy atom. The van der Waals surface area contributed by atoms with Crippen molar-refractivity contribution in [1.82, 2.24) is 10.6 Å². The van der Waals surface area contributed by atoms with E-state index in [4.69, 9.17) is 8.75 Å². The normalized spacial score (nSPS) is 14.4. The summed E-state index contributed by atoms with van der Waals surface area (Å²) in [6.07, 6.45) is 12.8. The lowest BCUT2D eigenvalue weighted by Crippen LogP contribution is -2.33. The number of nitrogens with one attached hydrogen (secondary N) is 2. The van der Waals surface area contributed by atoms with Gasteiger partial charge in [-0.1, -0.05) is 61.7 Å². The highest BCUT2D eigenvalue weighted by Crippen LogP contribution is 2.45. The van der Waals surface area contributed by atoms with E-state index in [0.717, 1.165) is 58.5 Å². The Kier molecular flexibility index (Phi) is 17.1. The number of carboxylic acid groups (broad SMARTS) is 2. The van der Waals surface area contributed by atoms with Crippen molar-refractivity contribution >= 4 is 61.9 Å². The molecule has 0 saturated heterocycles. The van der Waals surface area contributed by atoms with Crippen LogP contribution in [-0.2, 0) is 46.1 Å². The number of fused-ring (bicyclic) bond motifs is 3. The van der Waals surface area contributed by atoms with Crippen molar-refractivity contribution in [3.05, 3.63) is 165 Å². The van der Waals surface area contributed by atoms with Crippen LogP contribution in [0.25, 0.3) is 33.4 Å². The highest BCUT2D eigenvalue weighted by atomic mass is 32.3. The molecule has 400 valence electrons. The number of carbonyl (C=O) groups is 3. The molecule has 7 N–H and O–H groups in total. The van der Waals surface area contributed by atoms with E-state index in [2.05, 4.69) is 64.1 Å². The van der Waals surface area contributed by atoms with Crippen LogP contribution in [0.1, 0.15) is 97.7 Å². The molecule has 0 bridgehead atoms. The van der Waals surface area contributed by atoms with Crippen LogP contribution in [0.15, 0.2) is 146 Å². The summed E-state index contributed by atoms with van der Waals surface area (Å²) in [6, 6.07) is 23.2. The number of unbranched alkanes of at least 4 members (excludes halogenated alkanes) is 2. The third-order valence-electron chi connectivity index (χ3n) is 13.5.